The number of rotatable bonds is 4. The summed E-state index contributed by atoms with van der Waals surface area (Å²) in [7, 11) is 3.88. The first-order valence-electron chi connectivity index (χ1n) is 8.01. The van der Waals surface area contributed by atoms with Crippen molar-refractivity contribution in [2.45, 2.75) is 0 Å². The molecule has 2 aromatic carbocycles. The highest BCUT2D eigenvalue weighted by molar-refractivity contribution is 6.03. The quantitative estimate of drug-likeness (QED) is 0.604. The molecule has 4 aromatic rings. The Kier molecular flexibility index (Phi) is 3.89. The van der Waals surface area contributed by atoms with Gasteiger partial charge in [0.1, 0.15) is 5.58 Å². The molecule has 130 valence electrons. The molecule has 0 spiro atoms. The number of carbonyl (C=O) groups excluding carboxylic acids is 1. The minimum atomic E-state index is -0.324. The van der Waals surface area contributed by atoms with E-state index >= 15 is 0 Å². The number of benzene rings is 2. The van der Waals surface area contributed by atoms with Crippen LogP contribution in [0, 0.1) is 0 Å². The van der Waals surface area contributed by atoms with Crippen LogP contribution in [0.3, 0.4) is 0 Å². The van der Waals surface area contributed by atoms with E-state index in [4.69, 9.17) is 8.83 Å². The molecule has 1 N–H and O–H groups in total. The molecule has 0 radical (unpaired) electrons. The average Bonchev–Trinajstić information content (AvgIpc) is 3.28. The van der Waals surface area contributed by atoms with E-state index in [0.717, 1.165) is 16.7 Å². The number of amides is 1. The third-order valence-corrected chi connectivity index (χ3v) is 3.93. The Balaban J connectivity index is 1.51. The molecule has 2 aromatic heterocycles. The number of nitrogens with zero attached hydrogens (tertiary/aromatic N) is 3. The first kappa shape index (κ1) is 15.9. The second kappa shape index (κ2) is 6.36. The van der Waals surface area contributed by atoms with Crippen molar-refractivity contribution < 1.29 is 13.6 Å². The highest BCUT2D eigenvalue weighted by Gasteiger charge is 2.16. The molecule has 7 heteroatoms. The largest absolute Gasteiger partial charge is 0.451 e. The van der Waals surface area contributed by atoms with Crippen LogP contribution in [0.5, 0.6) is 0 Å². The van der Waals surface area contributed by atoms with Gasteiger partial charge in [-0.3, -0.25) is 10.1 Å². The maximum Gasteiger partial charge on any atom is 0.322 e. The lowest BCUT2D eigenvalue weighted by Crippen LogP contribution is -2.13. The van der Waals surface area contributed by atoms with Crippen molar-refractivity contribution >= 4 is 28.6 Å². The van der Waals surface area contributed by atoms with E-state index in [1.165, 1.54) is 0 Å². The van der Waals surface area contributed by atoms with Gasteiger partial charge in [-0.05, 0) is 36.4 Å². The molecule has 0 saturated carbocycles. The SMILES string of the molecule is CN(C)c1ccc(C(=O)Nc2nnc(-c3cc4ccccc4o3)o2)cc1. The Hall–Kier alpha value is -3.61. The lowest BCUT2D eigenvalue weighted by atomic mass is 10.2. The highest BCUT2D eigenvalue weighted by atomic mass is 16.4. The Morgan fingerprint density at radius 3 is 2.50 bits per heavy atom. The maximum atomic E-state index is 12.3. The number of carbonyl (C=O) groups is 1. The third kappa shape index (κ3) is 3.02. The van der Waals surface area contributed by atoms with Crippen LogP contribution in [-0.4, -0.2) is 30.2 Å². The standard InChI is InChI=1S/C19H16N4O3/c1-23(2)14-9-7-12(8-10-14)17(24)20-19-22-21-18(26-19)16-11-13-5-3-4-6-15(13)25-16/h3-11H,1-2H3,(H,20,22,24). The molecule has 0 aliphatic rings. The van der Waals surface area contributed by atoms with Gasteiger partial charge in [0, 0.05) is 30.7 Å². The van der Waals surface area contributed by atoms with E-state index in [9.17, 15) is 4.79 Å². The number of para-hydroxylation sites is 1. The molecule has 26 heavy (non-hydrogen) atoms. The van der Waals surface area contributed by atoms with Crippen molar-refractivity contribution in [2.24, 2.45) is 0 Å². The fourth-order valence-electron chi connectivity index (χ4n) is 2.54. The summed E-state index contributed by atoms with van der Waals surface area (Å²) in [5.41, 5.74) is 2.23. The first-order chi connectivity index (χ1) is 12.6. The summed E-state index contributed by atoms with van der Waals surface area (Å²) in [6, 6.07) is 16.6. The molecule has 0 atom stereocenters. The fraction of sp³-hybridized carbons (Fsp3) is 0.105. The summed E-state index contributed by atoms with van der Waals surface area (Å²) in [4.78, 5) is 14.3. The van der Waals surface area contributed by atoms with Crippen molar-refractivity contribution in [1.29, 1.82) is 0 Å². The van der Waals surface area contributed by atoms with Gasteiger partial charge >= 0.3 is 6.01 Å². The second-order valence-corrected chi connectivity index (χ2v) is 5.96. The van der Waals surface area contributed by atoms with Crippen molar-refractivity contribution in [1.82, 2.24) is 10.2 Å². The summed E-state index contributed by atoms with van der Waals surface area (Å²) < 4.78 is 11.2. The number of hydrogen-bond acceptors (Lipinski definition) is 6. The third-order valence-electron chi connectivity index (χ3n) is 3.93. The molecule has 0 aliphatic heterocycles. The van der Waals surface area contributed by atoms with Gasteiger partial charge in [0.05, 0.1) is 0 Å². The van der Waals surface area contributed by atoms with Crippen LogP contribution in [0.15, 0.2) is 63.4 Å². The van der Waals surface area contributed by atoms with E-state index in [2.05, 4.69) is 15.5 Å². The molecule has 2 heterocycles. The van der Waals surface area contributed by atoms with Crippen molar-refractivity contribution in [3.05, 3.63) is 60.2 Å². The zero-order valence-electron chi connectivity index (χ0n) is 14.3. The van der Waals surface area contributed by atoms with Crippen LogP contribution >= 0.6 is 0 Å². The molecular weight excluding hydrogens is 332 g/mol. The molecule has 0 unspecified atom stereocenters. The molecule has 0 aliphatic carbocycles. The van der Waals surface area contributed by atoms with Gasteiger partial charge in [-0.1, -0.05) is 23.3 Å². The molecule has 7 nitrogen and oxygen atoms in total. The smallest absolute Gasteiger partial charge is 0.322 e. The fourth-order valence-corrected chi connectivity index (χ4v) is 2.54. The molecule has 0 bridgehead atoms. The van der Waals surface area contributed by atoms with E-state index in [0.29, 0.717) is 11.3 Å². The van der Waals surface area contributed by atoms with Crippen LogP contribution in [-0.2, 0) is 0 Å². The number of anilines is 2. The van der Waals surface area contributed by atoms with Gasteiger partial charge in [-0.15, -0.1) is 5.10 Å². The summed E-state index contributed by atoms with van der Waals surface area (Å²) in [6.07, 6.45) is 0. The van der Waals surface area contributed by atoms with Crippen molar-refractivity contribution in [3.63, 3.8) is 0 Å². The number of furan rings is 1. The summed E-state index contributed by atoms with van der Waals surface area (Å²) in [5, 5.41) is 11.3. The Labute approximate surface area is 149 Å². The Morgan fingerprint density at radius 1 is 1.00 bits per heavy atom. The Morgan fingerprint density at radius 2 is 1.77 bits per heavy atom. The molecule has 1 amide bonds. The van der Waals surface area contributed by atoms with Gasteiger partial charge < -0.3 is 13.7 Å². The van der Waals surface area contributed by atoms with Gasteiger partial charge in [0.15, 0.2) is 5.76 Å². The lowest BCUT2D eigenvalue weighted by molar-refractivity contribution is 0.102. The van der Waals surface area contributed by atoms with E-state index in [-0.39, 0.29) is 17.8 Å². The Bertz CT molecular complexity index is 1030. The van der Waals surface area contributed by atoms with Crippen molar-refractivity contribution in [3.8, 4) is 11.7 Å². The van der Waals surface area contributed by atoms with E-state index in [1.54, 1.807) is 12.1 Å². The minimum absolute atomic E-state index is 0.0159. The molecular formula is C19H16N4O3. The van der Waals surface area contributed by atoms with E-state index < -0.39 is 0 Å². The zero-order chi connectivity index (χ0) is 18.1. The van der Waals surface area contributed by atoms with Crippen LogP contribution < -0.4 is 10.2 Å². The van der Waals surface area contributed by atoms with Gasteiger partial charge in [-0.25, -0.2) is 0 Å². The summed E-state index contributed by atoms with van der Waals surface area (Å²) >= 11 is 0. The maximum absolute atomic E-state index is 12.3. The normalized spacial score (nSPS) is 10.8. The molecule has 0 fully saturated rings. The lowest BCUT2D eigenvalue weighted by Gasteiger charge is -2.12. The topological polar surface area (TPSA) is 84.4 Å². The predicted molar refractivity (Wildman–Crippen MR) is 98.2 cm³/mol. The summed E-state index contributed by atoms with van der Waals surface area (Å²) in [6.45, 7) is 0. The van der Waals surface area contributed by atoms with Crippen LogP contribution in [0.1, 0.15) is 10.4 Å². The molecule has 4 rings (SSSR count). The van der Waals surface area contributed by atoms with Crippen LogP contribution in [0.2, 0.25) is 0 Å². The van der Waals surface area contributed by atoms with Gasteiger partial charge in [-0.2, -0.15) is 0 Å². The van der Waals surface area contributed by atoms with Gasteiger partial charge in [0.25, 0.3) is 11.8 Å². The van der Waals surface area contributed by atoms with Crippen LogP contribution in [0.4, 0.5) is 11.7 Å². The number of aromatic nitrogens is 2. The zero-order valence-corrected chi connectivity index (χ0v) is 14.3. The number of hydrogen-bond donors (Lipinski definition) is 1. The molecule has 0 saturated heterocycles. The average molecular weight is 348 g/mol. The van der Waals surface area contributed by atoms with E-state index in [1.807, 2.05) is 61.5 Å². The second-order valence-electron chi connectivity index (χ2n) is 5.96. The highest BCUT2D eigenvalue weighted by Crippen LogP contribution is 2.27. The first-order valence-corrected chi connectivity index (χ1v) is 8.01. The van der Waals surface area contributed by atoms with Crippen molar-refractivity contribution in [2.75, 3.05) is 24.3 Å². The van der Waals surface area contributed by atoms with Crippen LogP contribution in [0.25, 0.3) is 22.6 Å². The monoisotopic (exact) mass is 348 g/mol. The predicted octanol–water partition coefficient (Wildman–Crippen LogP) is 3.80. The minimum Gasteiger partial charge on any atom is -0.451 e. The summed E-state index contributed by atoms with van der Waals surface area (Å²) in [5.74, 6) is 0.337. The number of nitrogens with one attached hydrogen (secondary N) is 1. The number of fused-ring (bicyclic) bond motifs is 1. The van der Waals surface area contributed by atoms with Gasteiger partial charge in [0.2, 0.25) is 0 Å².